The number of nitrogens with one attached hydrogen (secondary N) is 3. The normalized spacial score (nSPS) is 12.5. The smallest absolute Gasteiger partial charge is 0.481 e. The fraction of sp³-hybridized carbons (Fsp3) is 0.309. The number of benzene rings is 8. The van der Waals surface area contributed by atoms with Gasteiger partial charge in [0.2, 0.25) is 17.8 Å². The Balaban J connectivity index is 0.000000213. The number of halogens is 8. The lowest BCUT2D eigenvalue weighted by Crippen LogP contribution is -2.41. The van der Waals surface area contributed by atoms with Gasteiger partial charge < -0.3 is 44.6 Å². The Morgan fingerprint density at radius 3 is 1.12 bits per heavy atom. The maximum absolute atomic E-state index is 12.0. The molecule has 11 aromatic rings. The van der Waals surface area contributed by atoms with E-state index in [1.807, 2.05) is 163 Å². The molecule has 1 saturated heterocycles. The van der Waals surface area contributed by atoms with E-state index in [1.165, 1.54) is 39.5 Å². The molecule has 1 fully saturated rings. The summed E-state index contributed by atoms with van der Waals surface area (Å²) in [7, 11) is -0.430. The second-order valence-corrected chi connectivity index (χ2v) is 38.1. The standard InChI is InChI=1S/C25H28ClN3O2.C21H20ClN3O2.C18H24BN3O2.C13H16BrClO2.C13H14BrClO2.C7H4BrClO/c1-17-6-5-7-18(12-17)14-27-24-28-15-21(16-29-24)19-8-10-22(26)20(13-19)9-11-23(30)31-25(2,3)4;1-14-3-2-4-15(9-14)11-23-21-24-12-18(13-25-21)16-5-7-19(22)17(10-16)6-8-20(26)27;1-13-7-6-8-14(9-13)10-20-16-21-11-15(12-22-16)19-23-17(2,3)18(4,5)24-19;2*1-13(2,3)17-12(16)7-4-9-8-10(14)5-6-11(9)15;8-6-1-2-7(9)5(3-6)4-10/h5-8,10,12-13,15-16H,9,11,14H2,1-4H3,(H,27,28,29);2-5,7,9-10,12-13H,6,8,11H2,1H3,(H,26,27)(H,23,24,25);6-9,11-12H,10H2,1-5H3,(H,20,21,22);5-6,8H,4,7H2,1-3H3;4-8H,1-3H3;1-4H/b;;;;7-4+;. The summed E-state index contributed by atoms with van der Waals surface area (Å²) in [5.74, 6) is 0.0636. The van der Waals surface area contributed by atoms with Crippen LogP contribution in [0.4, 0.5) is 17.8 Å². The van der Waals surface area contributed by atoms with Crippen molar-refractivity contribution in [3.8, 4) is 22.3 Å². The summed E-state index contributed by atoms with van der Waals surface area (Å²) in [6.07, 6.45) is 16.5. The molecular weight excluding hydrogens is 1890 g/mol. The van der Waals surface area contributed by atoms with Crippen LogP contribution < -0.4 is 21.4 Å². The number of aryl methyl sites for hydroxylation is 6. The number of hydrogen-bond donors (Lipinski definition) is 4. The number of carbonyl (C=O) groups is 5. The summed E-state index contributed by atoms with van der Waals surface area (Å²) in [6.45, 7) is 33.0. The van der Waals surface area contributed by atoms with Gasteiger partial charge in [0.15, 0.2) is 6.29 Å². The third kappa shape index (κ3) is 37.5. The van der Waals surface area contributed by atoms with Gasteiger partial charge in [-0.25, -0.2) is 34.7 Å². The fourth-order valence-corrected chi connectivity index (χ4v) is 13.7. The number of hydrogen-bond acceptors (Lipinski definition) is 19. The summed E-state index contributed by atoms with van der Waals surface area (Å²) < 4.78 is 30.5. The molecule has 0 radical (unpaired) electrons. The number of aromatic nitrogens is 6. The molecule has 0 atom stereocenters. The van der Waals surface area contributed by atoms with Crippen molar-refractivity contribution in [2.24, 2.45) is 0 Å². The quantitative estimate of drug-likeness (QED) is 0.0144. The summed E-state index contributed by atoms with van der Waals surface area (Å²) in [4.78, 5) is 82.5. The number of carboxylic acids is 1. The highest BCUT2D eigenvalue weighted by atomic mass is 79.9. The molecule has 3 aromatic heterocycles. The van der Waals surface area contributed by atoms with Crippen molar-refractivity contribution in [3.63, 3.8) is 0 Å². The van der Waals surface area contributed by atoms with Gasteiger partial charge in [0, 0.05) is 138 Å². The molecule has 4 N–H and O–H groups in total. The molecule has 0 unspecified atom stereocenters. The maximum atomic E-state index is 12.0. The van der Waals surface area contributed by atoms with Crippen LogP contribution in [0.15, 0.2) is 220 Å². The van der Waals surface area contributed by atoms with Gasteiger partial charge in [-0.1, -0.05) is 207 Å². The lowest BCUT2D eigenvalue weighted by atomic mass is 9.81. The van der Waals surface area contributed by atoms with E-state index < -0.39 is 29.9 Å². The number of anilines is 3. The van der Waals surface area contributed by atoms with Crippen molar-refractivity contribution in [2.45, 2.75) is 197 Å². The Hall–Kier alpha value is -9.44. The minimum absolute atomic E-state index is 0.0431. The number of ether oxygens (including phenoxy) is 3. The van der Waals surface area contributed by atoms with Crippen molar-refractivity contribution in [1.29, 1.82) is 0 Å². The Labute approximate surface area is 790 Å². The van der Waals surface area contributed by atoms with Crippen LogP contribution in [0.25, 0.3) is 28.3 Å². The van der Waals surface area contributed by atoms with E-state index >= 15 is 0 Å². The number of rotatable bonds is 24. The van der Waals surface area contributed by atoms with E-state index in [0.29, 0.717) is 93.8 Å². The van der Waals surface area contributed by atoms with Crippen LogP contribution in [0.5, 0.6) is 0 Å². The highest BCUT2D eigenvalue weighted by Crippen LogP contribution is 2.37. The topological polar surface area (TPSA) is 265 Å². The first-order valence-corrected chi connectivity index (χ1v) is 44.7. The summed E-state index contributed by atoms with van der Waals surface area (Å²) in [5.41, 5.74) is 13.5. The third-order valence-corrected chi connectivity index (χ3v) is 21.6. The van der Waals surface area contributed by atoms with E-state index in [2.05, 4.69) is 175 Å². The number of aldehydes is 1. The number of carbonyl (C=O) groups excluding carboxylic acids is 4. The Kier molecular flexibility index (Phi) is 40.5. The Morgan fingerprint density at radius 1 is 0.429 bits per heavy atom. The highest BCUT2D eigenvalue weighted by Gasteiger charge is 2.52. The molecule has 0 bridgehead atoms. The van der Waals surface area contributed by atoms with Crippen molar-refractivity contribution >= 4 is 172 Å². The lowest BCUT2D eigenvalue weighted by molar-refractivity contribution is -0.155. The van der Waals surface area contributed by atoms with Gasteiger partial charge in [-0.15, -0.1) is 0 Å². The first-order chi connectivity index (χ1) is 59.3. The largest absolute Gasteiger partial charge is 0.498 e. The molecule has 664 valence electrons. The average Bonchev–Trinajstić information content (AvgIpc) is 1.62. The molecule has 8 aromatic carbocycles. The van der Waals surface area contributed by atoms with Crippen LogP contribution in [-0.2, 0) is 81.6 Å². The molecule has 20 nitrogen and oxygen atoms in total. The molecule has 0 amide bonds. The minimum atomic E-state index is -0.844. The zero-order valence-corrected chi connectivity index (χ0v) is 82.0. The maximum Gasteiger partial charge on any atom is 0.498 e. The second-order valence-electron chi connectivity index (χ2n) is 33.3. The lowest BCUT2D eigenvalue weighted by Gasteiger charge is -2.32. The molecule has 0 aliphatic carbocycles. The molecule has 126 heavy (non-hydrogen) atoms. The molecule has 12 rings (SSSR count). The molecule has 4 heterocycles. The van der Waals surface area contributed by atoms with Crippen molar-refractivity contribution in [1.82, 2.24) is 29.9 Å². The Morgan fingerprint density at radius 2 is 0.762 bits per heavy atom. The van der Waals surface area contributed by atoms with Crippen molar-refractivity contribution in [3.05, 3.63) is 307 Å². The Bertz CT molecular complexity index is 5490. The predicted octanol–water partition coefficient (Wildman–Crippen LogP) is 25.2. The number of carboxylic acid groups (broad SMARTS) is 1. The van der Waals surface area contributed by atoms with Gasteiger partial charge in [0.25, 0.3) is 0 Å². The first kappa shape index (κ1) is 104. The monoisotopic (exact) mass is 2000 g/mol. The first-order valence-electron chi connectivity index (χ1n) is 40.4. The van der Waals surface area contributed by atoms with Crippen LogP contribution in [0, 0.1) is 20.8 Å². The molecule has 1 aliphatic heterocycles. The summed E-state index contributed by atoms with van der Waals surface area (Å²) in [5, 5.41) is 21.5. The van der Waals surface area contributed by atoms with Crippen LogP contribution in [0.2, 0.25) is 25.1 Å². The molecule has 29 heteroatoms. The van der Waals surface area contributed by atoms with Crippen LogP contribution >= 0.6 is 106 Å². The number of esters is 3. The van der Waals surface area contributed by atoms with Crippen LogP contribution in [-0.4, -0.2) is 100 Å². The average molecular weight is 2000 g/mol. The minimum Gasteiger partial charge on any atom is -0.481 e. The summed E-state index contributed by atoms with van der Waals surface area (Å²) in [6, 6.07) is 52.4. The van der Waals surface area contributed by atoms with Gasteiger partial charge in [-0.3, -0.25) is 19.2 Å². The van der Waals surface area contributed by atoms with Gasteiger partial charge in [0.1, 0.15) is 16.8 Å². The van der Waals surface area contributed by atoms with Crippen molar-refractivity contribution < 1.29 is 52.6 Å². The van der Waals surface area contributed by atoms with Crippen molar-refractivity contribution in [2.75, 3.05) is 16.0 Å². The summed E-state index contributed by atoms with van der Waals surface area (Å²) >= 11 is 40.1. The zero-order chi connectivity index (χ0) is 92.7. The van der Waals surface area contributed by atoms with E-state index in [9.17, 15) is 24.0 Å². The number of nitrogens with zero attached hydrogens (tertiary/aromatic N) is 6. The highest BCUT2D eigenvalue weighted by molar-refractivity contribution is 9.11. The van der Waals surface area contributed by atoms with E-state index in [-0.39, 0.29) is 42.0 Å². The van der Waals surface area contributed by atoms with Gasteiger partial charge in [-0.2, -0.15) is 0 Å². The molecule has 1 aliphatic rings. The van der Waals surface area contributed by atoms with Gasteiger partial charge >= 0.3 is 31.0 Å². The molecule has 0 saturated carbocycles. The zero-order valence-electron chi connectivity index (χ0n) is 73.5. The van der Waals surface area contributed by atoms with E-state index in [0.717, 1.165) is 69.7 Å². The number of aliphatic carboxylic acids is 1. The van der Waals surface area contributed by atoms with E-state index in [1.54, 1.807) is 73.6 Å². The predicted molar refractivity (Wildman–Crippen MR) is 520 cm³/mol. The second kappa shape index (κ2) is 49.2. The SMILES string of the molecule is CC(C)(C)OC(=O)/C=C/c1cc(Br)ccc1Cl.CC(C)(C)OC(=O)CCc1cc(Br)ccc1Cl.Cc1cccc(CNc2ncc(-c3ccc(Cl)c(CCC(=O)O)c3)cn2)c1.Cc1cccc(CNc2ncc(-c3ccc(Cl)c(CCC(=O)OC(C)(C)C)c3)cn2)c1.Cc1cccc(CNc2ncc(B3OC(C)(C)C(C)(C)O3)cn2)c1.O=Cc1cc(Br)ccc1Cl. The van der Waals surface area contributed by atoms with E-state index in [4.69, 9.17) is 86.6 Å². The third-order valence-electron chi connectivity index (χ3n) is 18.4. The van der Waals surface area contributed by atoms with Gasteiger partial charge in [-0.05, 0) is 265 Å². The van der Waals surface area contributed by atoms with Gasteiger partial charge in [0.05, 0.1) is 16.2 Å². The van der Waals surface area contributed by atoms with Crippen LogP contribution in [0.1, 0.15) is 175 Å². The van der Waals surface area contributed by atoms with Crippen LogP contribution in [0.3, 0.4) is 0 Å². The fourth-order valence-electron chi connectivity index (χ4n) is 11.5. The molecular formula is C97H106BBr3Cl5N9O11. The molecule has 0 spiro atoms.